The van der Waals surface area contributed by atoms with Crippen LogP contribution in [0.4, 0.5) is 5.82 Å². The molecule has 1 aromatic carbocycles. The Morgan fingerprint density at radius 1 is 1.04 bits per heavy atom. The third-order valence-electron chi connectivity index (χ3n) is 5.00. The maximum atomic E-state index is 6.05. The lowest BCUT2D eigenvalue weighted by atomic mass is 10.1. The van der Waals surface area contributed by atoms with Crippen molar-refractivity contribution in [1.82, 2.24) is 20.3 Å². The molecule has 1 aliphatic heterocycles. The number of rotatable bonds is 4. The fourth-order valence-corrected chi connectivity index (χ4v) is 3.51. The van der Waals surface area contributed by atoms with Crippen LogP contribution in [0.1, 0.15) is 12.8 Å². The Morgan fingerprint density at radius 3 is 2.48 bits per heavy atom. The molecule has 3 aromatic rings. The molecular formula is C21H22ClN5. The van der Waals surface area contributed by atoms with Gasteiger partial charge in [0.05, 0.1) is 5.69 Å². The third kappa shape index (κ3) is 4.10. The van der Waals surface area contributed by atoms with Gasteiger partial charge >= 0.3 is 0 Å². The Hall–Kier alpha value is -2.50. The molecule has 5 nitrogen and oxygen atoms in total. The molecule has 6 heteroatoms. The van der Waals surface area contributed by atoms with Crippen LogP contribution in [0, 0.1) is 0 Å². The second kappa shape index (κ2) is 8.03. The molecule has 27 heavy (non-hydrogen) atoms. The van der Waals surface area contributed by atoms with E-state index in [-0.39, 0.29) is 0 Å². The summed E-state index contributed by atoms with van der Waals surface area (Å²) in [5.41, 5.74) is 2.84. The number of halogens is 1. The molecular weight excluding hydrogens is 358 g/mol. The number of aromatic nitrogens is 3. The molecule has 0 unspecified atom stereocenters. The van der Waals surface area contributed by atoms with Crippen molar-refractivity contribution < 1.29 is 0 Å². The summed E-state index contributed by atoms with van der Waals surface area (Å²) < 4.78 is 0. The van der Waals surface area contributed by atoms with Gasteiger partial charge in [-0.2, -0.15) is 0 Å². The van der Waals surface area contributed by atoms with E-state index in [1.807, 2.05) is 43.4 Å². The fraction of sp³-hybridized carbons (Fsp3) is 0.286. The molecule has 0 aliphatic carbocycles. The molecule has 0 spiro atoms. The summed E-state index contributed by atoms with van der Waals surface area (Å²) in [6.07, 6.45) is 5.78. The van der Waals surface area contributed by atoms with Crippen molar-refractivity contribution in [3.63, 3.8) is 0 Å². The molecule has 1 fully saturated rings. The van der Waals surface area contributed by atoms with Crippen molar-refractivity contribution in [2.75, 3.05) is 25.0 Å². The molecule has 0 radical (unpaired) electrons. The highest BCUT2D eigenvalue weighted by atomic mass is 35.5. The average molecular weight is 380 g/mol. The highest BCUT2D eigenvalue weighted by Crippen LogP contribution is 2.28. The summed E-state index contributed by atoms with van der Waals surface area (Å²) in [4.78, 5) is 16.2. The lowest BCUT2D eigenvalue weighted by molar-refractivity contribution is 0.441. The van der Waals surface area contributed by atoms with Gasteiger partial charge in [0.15, 0.2) is 5.82 Å². The van der Waals surface area contributed by atoms with Gasteiger partial charge in [0.1, 0.15) is 5.82 Å². The van der Waals surface area contributed by atoms with Crippen molar-refractivity contribution >= 4 is 17.4 Å². The highest BCUT2D eigenvalue weighted by molar-refractivity contribution is 6.30. The van der Waals surface area contributed by atoms with Crippen molar-refractivity contribution in [2.24, 2.45) is 0 Å². The van der Waals surface area contributed by atoms with E-state index in [9.17, 15) is 0 Å². The SMILES string of the molecule is CNC1CCN(c2cc(-c3ccc(Cl)cc3)nc(-c3cccnc3)n2)CC1. The van der Waals surface area contributed by atoms with Crippen LogP contribution in [0.3, 0.4) is 0 Å². The van der Waals surface area contributed by atoms with Gasteiger partial charge in [-0.05, 0) is 44.2 Å². The smallest absolute Gasteiger partial charge is 0.163 e. The summed E-state index contributed by atoms with van der Waals surface area (Å²) in [6, 6.07) is 14.3. The minimum atomic E-state index is 0.580. The van der Waals surface area contributed by atoms with E-state index in [4.69, 9.17) is 21.6 Å². The number of hydrogen-bond donors (Lipinski definition) is 1. The molecule has 1 aliphatic rings. The number of pyridine rings is 1. The van der Waals surface area contributed by atoms with Crippen molar-refractivity contribution in [3.8, 4) is 22.6 Å². The van der Waals surface area contributed by atoms with E-state index in [0.29, 0.717) is 11.9 Å². The summed E-state index contributed by atoms with van der Waals surface area (Å²) in [6.45, 7) is 1.96. The summed E-state index contributed by atoms with van der Waals surface area (Å²) in [5.74, 6) is 1.66. The number of benzene rings is 1. The molecule has 1 N–H and O–H groups in total. The Bertz CT molecular complexity index is 890. The van der Waals surface area contributed by atoms with Gasteiger partial charge in [0.2, 0.25) is 0 Å². The largest absolute Gasteiger partial charge is 0.356 e. The predicted molar refractivity (Wildman–Crippen MR) is 110 cm³/mol. The molecule has 0 atom stereocenters. The van der Waals surface area contributed by atoms with Crippen LogP contribution in [0.25, 0.3) is 22.6 Å². The van der Waals surface area contributed by atoms with Crippen molar-refractivity contribution in [1.29, 1.82) is 0 Å². The Balaban J connectivity index is 1.74. The van der Waals surface area contributed by atoms with Gasteiger partial charge in [-0.3, -0.25) is 4.98 Å². The van der Waals surface area contributed by atoms with E-state index < -0.39 is 0 Å². The lowest BCUT2D eigenvalue weighted by Crippen LogP contribution is -2.41. The standard InChI is InChI=1S/C21H22ClN5/c1-23-18-8-11-27(12-9-18)20-13-19(15-4-6-17(22)7-5-15)25-21(26-20)16-3-2-10-24-14-16/h2-7,10,13-14,18,23H,8-9,11-12H2,1H3. The number of piperidine rings is 1. The summed E-state index contributed by atoms with van der Waals surface area (Å²) in [5, 5.41) is 4.09. The van der Waals surface area contributed by atoms with Crippen LogP contribution in [-0.4, -0.2) is 41.1 Å². The topological polar surface area (TPSA) is 53.9 Å². The van der Waals surface area contributed by atoms with Crippen LogP contribution in [-0.2, 0) is 0 Å². The second-order valence-corrected chi connectivity index (χ2v) is 7.17. The molecule has 1 saturated heterocycles. The van der Waals surface area contributed by atoms with Crippen LogP contribution in [0.2, 0.25) is 5.02 Å². The zero-order chi connectivity index (χ0) is 18.6. The van der Waals surface area contributed by atoms with E-state index in [1.165, 1.54) is 0 Å². The Labute approximate surface area is 164 Å². The normalized spacial score (nSPS) is 15.1. The first-order chi connectivity index (χ1) is 13.2. The van der Waals surface area contributed by atoms with Crippen molar-refractivity contribution in [3.05, 3.63) is 59.9 Å². The summed E-state index contributed by atoms with van der Waals surface area (Å²) in [7, 11) is 2.03. The van der Waals surface area contributed by atoms with E-state index in [0.717, 1.165) is 53.6 Å². The molecule has 0 amide bonds. The first kappa shape index (κ1) is 17.9. The Morgan fingerprint density at radius 2 is 1.81 bits per heavy atom. The summed E-state index contributed by atoms with van der Waals surface area (Å²) >= 11 is 6.05. The zero-order valence-electron chi connectivity index (χ0n) is 15.3. The lowest BCUT2D eigenvalue weighted by Gasteiger charge is -2.33. The van der Waals surface area contributed by atoms with Crippen LogP contribution in [0.15, 0.2) is 54.9 Å². The van der Waals surface area contributed by atoms with Crippen LogP contribution in [0.5, 0.6) is 0 Å². The average Bonchev–Trinajstić information content (AvgIpc) is 2.74. The molecule has 0 saturated carbocycles. The highest BCUT2D eigenvalue weighted by Gasteiger charge is 2.20. The second-order valence-electron chi connectivity index (χ2n) is 6.73. The van der Waals surface area contributed by atoms with Gasteiger partial charge in [0, 0.05) is 53.7 Å². The quantitative estimate of drug-likeness (QED) is 0.741. The number of hydrogen-bond acceptors (Lipinski definition) is 5. The minimum Gasteiger partial charge on any atom is -0.356 e. The molecule has 138 valence electrons. The van der Waals surface area contributed by atoms with Crippen molar-refractivity contribution in [2.45, 2.75) is 18.9 Å². The van der Waals surface area contributed by atoms with Gasteiger partial charge in [-0.25, -0.2) is 9.97 Å². The minimum absolute atomic E-state index is 0.580. The molecule has 2 aromatic heterocycles. The zero-order valence-corrected chi connectivity index (χ0v) is 16.0. The van der Waals surface area contributed by atoms with Crippen LogP contribution < -0.4 is 10.2 Å². The van der Waals surface area contributed by atoms with Gasteiger partial charge in [-0.1, -0.05) is 23.7 Å². The molecule has 3 heterocycles. The number of anilines is 1. The number of nitrogens with one attached hydrogen (secondary N) is 1. The number of nitrogens with zero attached hydrogens (tertiary/aromatic N) is 4. The maximum Gasteiger partial charge on any atom is 0.163 e. The van der Waals surface area contributed by atoms with Gasteiger partial charge in [-0.15, -0.1) is 0 Å². The maximum absolute atomic E-state index is 6.05. The predicted octanol–water partition coefficient (Wildman–Crippen LogP) is 4.05. The molecule has 4 rings (SSSR count). The van der Waals surface area contributed by atoms with E-state index in [1.54, 1.807) is 12.4 Å². The van der Waals surface area contributed by atoms with E-state index >= 15 is 0 Å². The van der Waals surface area contributed by atoms with Crippen LogP contribution >= 0.6 is 11.6 Å². The molecule has 0 bridgehead atoms. The monoisotopic (exact) mass is 379 g/mol. The Kier molecular flexibility index (Phi) is 5.32. The fourth-order valence-electron chi connectivity index (χ4n) is 3.39. The third-order valence-corrected chi connectivity index (χ3v) is 5.25. The van der Waals surface area contributed by atoms with E-state index in [2.05, 4.69) is 21.3 Å². The first-order valence-corrected chi connectivity index (χ1v) is 9.58. The van der Waals surface area contributed by atoms with Gasteiger partial charge in [0.25, 0.3) is 0 Å². The van der Waals surface area contributed by atoms with Gasteiger partial charge < -0.3 is 10.2 Å². The first-order valence-electron chi connectivity index (χ1n) is 9.20.